The van der Waals surface area contributed by atoms with E-state index in [0.29, 0.717) is 5.02 Å². The van der Waals surface area contributed by atoms with E-state index in [1.807, 2.05) is 0 Å². The van der Waals surface area contributed by atoms with Gasteiger partial charge in [-0.05, 0) is 24.3 Å². The molecular weight excluding hydrogens is 348 g/mol. The van der Waals surface area contributed by atoms with Gasteiger partial charge in [-0.25, -0.2) is 8.78 Å². The SMILES string of the molecule is O=S1(=O)N=C(NCc2ccc(F)cc2F)Nc2cc(Cl)ccc21. The van der Waals surface area contributed by atoms with Crippen LogP contribution in [0.3, 0.4) is 0 Å². The molecule has 0 fully saturated rings. The normalized spacial score (nSPS) is 15.3. The third kappa shape index (κ3) is 3.27. The van der Waals surface area contributed by atoms with E-state index in [2.05, 4.69) is 15.0 Å². The summed E-state index contributed by atoms with van der Waals surface area (Å²) in [5.41, 5.74) is 0.444. The van der Waals surface area contributed by atoms with Gasteiger partial charge in [-0.1, -0.05) is 17.7 Å². The van der Waals surface area contributed by atoms with Crippen LogP contribution in [0, 0.1) is 11.6 Å². The van der Waals surface area contributed by atoms with Crippen molar-refractivity contribution >= 4 is 33.3 Å². The van der Waals surface area contributed by atoms with Gasteiger partial charge >= 0.3 is 0 Å². The minimum absolute atomic E-state index is 0.000382. The molecule has 0 bridgehead atoms. The summed E-state index contributed by atoms with van der Waals surface area (Å²) < 4.78 is 54.2. The number of anilines is 1. The van der Waals surface area contributed by atoms with E-state index in [1.54, 1.807) is 0 Å². The van der Waals surface area contributed by atoms with Crippen LogP contribution in [0.5, 0.6) is 0 Å². The lowest BCUT2D eigenvalue weighted by Gasteiger charge is -2.19. The van der Waals surface area contributed by atoms with Crippen molar-refractivity contribution in [1.29, 1.82) is 0 Å². The molecule has 2 aromatic rings. The summed E-state index contributed by atoms with van der Waals surface area (Å²) in [6, 6.07) is 7.37. The van der Waals surface area contributed by atoms with Crippen molar-refractivity contribution in [3.8, 4) is 0 Å². The Labute approximate surface area is 136 Å². The number of fused-ring (bicyclic) bond motifs is 1. The molecule has 2 aromatic carbocycles. The molecule has 0 saturated carbocycles. The predicted octanol–water partition coefficient (Wildman–Crippen LogP) is 2.88. The molecule has 0 radical (unpaired) electrons. The van der Waals surface area contributed by atoms with Crippen molar-refractivity contribution < 1.29 is 17.2 Å². The van der Waals surface area contributed by atoms with Gasteiger partial charge < -0.3 is 10.6 Å². The van der Waals surface area contributed by atoms with E-state index in [-0.39, 0.29) is 28.7 Å². The van der Waals surface area contributed by atoms with E-state index in [0.717, 1.165) is 12.1 Å². The predicted molar refractivity (Wildman–Crippen MR) is 82.9 cm³/mol. The maximum atomic E-state index is 13.6. The molecule has 3 rings (SSSR count). The Morgan fingerprint density at radius 1 is 1.17 bits per heavy atom. The molecule has 0 saturated heterocycles. The number of hydrogen-bond acceptors (Lipinski definition) is 4. The average molecular weight is 358 g/mol. The number of hydrogen-bond donors (Lipinski definition) is 2. The lowest BCUT2D eigenvalue weighted by molar-refractivity contribution is 0.570. The van der Waals surface area contributed by atoms with Crippen molar-refractivity contribution in [2.75, 3.05) is 5.32 Å². The number of nitrogens with one attached hydrogen (secondary N) is 2. The summed E-state index contributed by atoms with van der Waals surface area (Å²) in [5.74, 6) is -1.49. The van der Waals surface area contributed by atoms with Crippen LogP contribution < -0.4 is 10.6 Å². The smallest absolute Gasteiger partial charge is 0.287 e. The second kappa shape index (κ2) is 5.78. The van der Waals surface area contributed by atoms with Crippen LogP contribution >= 0.6 is 11.6 Å². The Morgan fingerprint density at radius 2 is 1.96 bits per heavy atom. The first-order chi connectivity index (χ1) is 10.8. The molecule has 23 heavy (non-hydrogen) atoms. The lowest BCUT2D eigenvalue weighted by Crippen LogP contribution is -2.34. The van der Waals surface area contributed by atoms with Crippen LogP contribution in [-0.4, -0.2) is 14.4 Å². The zero-order valence-electron chi connectivity index (χ0n) is 11.5. The fourth-order valence-corrected chi connectivity index (χ4v) is 3.31. The third-order valence-corrected chi connectivity index (χ3v) is 4.72. The van der Waals surface area contributed by atoms with Gasteiger partial charge in [-0.15, -0.1) is 4.40 Å². The van der Waals surface area contributed by atoms with E-state index in [1.165, 1.54) is 24.3 Å². The molecule has 1 aliphatic heterocycles. The highest BCUT2D eigenvalue weighted by atomic mass is 35.5. The molecule has 2 N–H and O–H groups in total. The average Bonchev–Trinajstić information content (AvgIpc) is 2.45. The van der Waals surface area contributed by atoms with Crippen molar-refractivity contribution in [1.82, 2.24) is 5.32 Å². The van der Waals surface area contributed by atoms with Gasteiger partial charge in [0, 0.05) is 23.2 Å². The first kappa shape index (κ1) is 15.7. The second-order valence-electron chi connectivity index (χ2n) is 4.77. The summed E-state index contributed by atoms with van der Waals surface area (Å²) in [6.45, 7) is -0.0661. The number of halogens is 3. The van der Waals surface area contributed by atoms with Crippen LogP contribution in [0.15, 0.2) is 45.7 Å². The third-order valence-electron chi connectivity index (χ3n) is 3.15. The van der Waals surface area contributed by atoms with Crippen molar-refractivity contribution in [3.05, 3.63) is 58.6 Å². The van der Waals surface area contributed by atoms with Crippen LogP contribution in [0.4, 0.5) is 14.5 Å². The number of sulfonamides is 1. The first-order valence-corrected chi connectivity index (χ1v) is 8.26. The summed E-state index contributed by atoms with van der Waals surface area (Å²) in [7, 11) is -3.88. The fourth-order valence-electron chi connectivity index (χ4n) is 2.07. The quantitative estimate of drug-likeness (QED) is 0.867. The molecular formula is C14H10ClF2N3O2S. The lowest BCUT2D eigenvalue weighted by atomic mass is 10.2. The topological polar surface area (TPSA) is 70.6 Å². The zero-order chi connectivity index (χ0) is 16.6. The molecule has 0 spiro atoms. The molecule has 0 aromatic heterocycles. The maximum absolute atomic E-state index is 13.6. The van der Waals surface area contributed by atoms with Crippen LogP contribution in [0.1, 0.15) is 5.56 Å². The molecule has 5 nitrogen and oxygen atoms in total. The van der Waals surface area contributed by atoms with Crippen LogP contribution in [0.25, 0.3) is 0 Å². The minimum Gasteiger partial charge on any atom is -0.351 e. The molecule has 1 aliphatic rings. The molecule has 1 heterocycles. The van der Waals surface area contributed by atoms with Gasteiger partial charge in [0.15, 0.2) is 0 Å². The Kier molecular flexibility index (Phi) is 3.95. The highest BCUT2D eigenvalue weighted by molar-refractivity contribution is 7.90. The first-order valence-electron chi connectivity index (χ1n) is 6.44. The summed E-state index contributed by atoms with van der Waals surface area (Å²) in [6.07, 6.45) is 0. The Bertz CT molecular complexity index is 916. The van der Waals surface area contributed by atoms with E-state index in [9.17, 15) is 17.2 Å². The number of nitrogens with zero attached hydrogens (tertiary/aromatic N) is 1. The monoisotopic (exact) mass is 357 g/mol. The number of benzene rings is 2. The van der Waals surface area contributed by atoms with Gasteiger partial charge in [0.25, 0.3) is 10.0 Å². The van der Waals surface area contributed by atoms with Crippen molar-refractivity contribution in [2.24, 2.45) is 4.40 Å². The fraction of sp³-hybridized carbons (Fsp3) is 0.0714. The minimum atomic E-state index is -3.88. The standard InChI is InChI=1S/C14H10ClF2N3O2S/c15-9-2-4-13-12(5-9)19-14(20-23(13,21)22)18-7-8-1-3-10(16)6-11(8)17/h1-6H,7H2,(H2,18,19,20). The molecule has 0 amide bonds. The van der Waals surface area contributed by atoms with E-state index in [4.69, 9.17) is 11.6 Å². The van der Waals surface area contributed by atoms with Gasteiger partial charge in [0.2, 0.25) is 5.96 Å². The van der Waals surface area contributed by atoms with Gasteiger partial charge in [-0.2, -0.15) is 8.42 Å². The number of rotatable bonds is 2. The molecule has 0 atom stereocenters. The van der Waals surface area contributed by atoms with Gasteiger partial charge in [0.1, 0.15) is 16.5 Å². The van der Waals surface area contributed by atoms with Gasteiger partial charge in [-0.3, -0.25) is 0 Å². The zero-order valence-corrected chi connectivity index (χ0v) is 13.0. The summed E-state index contributed by atoms with van der Waals surface area (Å²) >= 11 is 5.85. The molecule has 0 aliphatic carbocycles. The summed E-state index contributed by atoms with van der Waals surface area (Å²) in [4.78, 5) is 0.000382. The molecule has 0 unspecified atom stereocenters. The van der Waals surface area contributed by atoms with Gasteiger partial charge in [0.05, 0.1) is 5.69 Å². The van der Waals surface area contributed by atoms with Crippen molar-refractivity contribution in [2.45, 2.75) is 11.4 Å². The molecule has 9 heteroatoms. The Morgan fingerprint density at radius 3 is 2.70 bits per heavy atom. The highest BCUT2D eigenvalue weighted by Gasteiger charge is 2.25. The number of guanidine groups is 1. The Balaban J connectivity index is 1.83. The molecule has 120 valence electrons. The Hall–Kier alpha value is -2.19. The van der Waals surface area contributed by atoms with Crippen LogP contribution in [0.2, 0.25) is 5.02 Å². The highest BCUT2D eigenvalue weighted by Crippen LogP contribution is 2.29. The van der Waals surface area contributed by atoms with Crippen molar-refractivity contribution in [3.63, 3.8) is 0 Å². The van der Waals surface area contributed by atoms with E-state index < -0.39 is 21.7 Å². The maximum Gasteiger partial charge on any atom is 0.287 e. The largest absolute Gasteiger partial charge is 0.351 e. The van der Waals surface area contributed by atoms with E-state index >= 15 is 0 Å². The van der Waals surface area contributed by atoms with Crippen LogP contribution in [-0.2, 0) is 16.6 Å². The summed E-state index contributed by atoms with van der Waals surface area (Å²) in [5, 5.41) is 5.80. The second-order valence-corrected chi connectivity index (χ2v) is 6.78.